The van der Waals surface area contributed by atoms with Gasteiger partial charge in [0.2, 0.25) is 5.91 Å². The molecule has 0 aliphatic rings. The fraction of sp³-hybridized carbons (Fsp3) is 0.222. The van der Waals surface area contributed by atoms with Crippen molar-refractivity contribution in [2.45, 2.75) is 26.3 Å². The monoisotopic (exact) mass is 327 g/mol. The highest BCUT2D eigenvalue weighted by Crippen LogP contribution is 2.15. The predicted octanol–water partition coefficient (Wildman–Crippen LogP) is 3.55. The molecule has 0 atom stereocenters. The van der Waals surface area contributed by atoms with E-state index in [9.17, 15) is 4.79 Å². The summed E-state index contributed by atoms with van der Waals surface area (Å²) in [5, 5.41) is 3.59. The number of aryl methyl sites for hydroxylation is 2. The molecule has 5 heteroatoms. The zero-order valence-corrected chi connectivity index (χ0v) is 13.7. The Morgan fingerprint density at radius 3 is 2.83 bits per heavy atom. The summed E-state index contributed by atoms with van der Waals surface area (Å²) in [6.45, 7) is 2.43. The Morgan fingerprint density at radius 2 is 2.00 bits per heavy atom. The van der Waals surface area contributed by atoms with Crippen molar-refractivity contribution in [1.82, 2.24) is 14.7 Å². The predicted molar refractivity (Wildman–Crippen MR) is 91.5 cm³/mol. The van der Waals surface area contributed by atoms with Crippen LogP contribution in [0, 0.1) is 6.92 Å². The van der Waals surface area contributed by atoms with Crippen LogP contribution >= 0.6 is 11.6 Å². The number of fused-ring (bicyclic) bond motifs is 1. The van der Waals surface area contributed by atoms with Gasteiger partial charge in [-0.1, -0.05) is 35.9 Å². The lowest BCUT2D eigenvalue weighted by Crippen LogP contribution is -2.23. The molecule has 1 amide bonds. The third kappa shape index (κ3) is 3.54. The van der Waals surface area contributed by atoms with Gasteiger partial charge < -0.3 is 9.72 Å². The van der Waals surface area contributed by atoms with Crippen molar-refractivity contribution in [2.75, 3.05) is 0 Å². The van der Waals surface area contributed by atoms with E-state index in [0.717, 1.165) is 22.6 Å². The van der Waals surface area contributed by atoms with E-state index < -0.39 is 0 Å². The molecule has 1 N–H and O–H groups in total. The summed E-state index contributed by atoms with van der Waals surface area (Å²) in [6, 6.07) is 13.4. The van der Waals surface area contributed by atoms with Crippen molar-refractivity contribution in [3.63, 3.8) is 0 Å². The van der Waals surface area contributed by atoms with E-state index in [1.807, 2.05) is 60.0 Å². The first-order valence-corrected chi connectivity index (χ1v) is 7.95. The number of pyridine rings is 1. The molecule has 0 bridgehead atoms. The molecule has 4 nitrogen and oxygen atoms in total. The number of nitrogens with zero attached hydrogens (tertiary/aromatic N) is 2. The maximum absolute atomic E-state index is 12.1. The molecule has 23 heavy (non-hydrogen) atoms. The lowest BCUT2D eigenvalue weighted by Gasteiger charge is -2.07. The molecule has 0 unspecified atom stereocenters. The Labute approximate surface area is 140 Å². The number of hydrogen-bond donors (Lipinski definition) is 1. The summed E-state index contributed by atoms with van der Waals surface area (Å²) in [4.78, 5) is 16.6. The molecule has 0 saturated heterocycles. The second kappa shape index (κ2) is 6.84. The maximum Gasteiger partial charge on any atom is 0.220 e. The number of imidazole rings is 1. The van der Waals surface area contributed by atoms with Crippen LogP contribution in [0.5, 0.6) is 0 Å². The highest BCUT2D eigenvalue weighted by molar-refractivity contribution is 6.31. The third-order valence-corrected chi connectivity index (χ3v) is 4.22. The normalized spacial score (nSPS) is 10.9. The Hall–Kier alpha value is -2.33. The molecular weight excluding hydrogens is 310 g/mol. The lowest BCUT2D eigenvalue weighted by atomic mass is 10.2. The number of benzene rings is 1. The Kier molecular flexibility index (Phi) is 4.63. The Balaban J connectivity index is 1.60. The van der Waals surface area contributed by atoms with Gasteiger partial charge in [-0.25, -0.2) is 4.98 Å². The average molecular weight is 328 g/mol. The fourth-order valence-corrected chi connectivity index (χ4v) is 2.82. The van der Waals surface area contributed by atoms with Gasteiger partial charge in [0.1, 0.15) is 5.65 Å². The van der Waals surface area contributed by atoms with E-state index in [1.165, 1.54) is 0 Å². The van der Waals surface area contributed by atoms with Gasteiger partial charge in [0.05, 0.1) is 5.69 Å². The van der Waals surface area contributed by atoms with Crippen molar-refractivity contribution in [2.24, 2.45) is 0 Å². The van der Waals surface area contributed by atoms with E-state index in [0.29, 0.717) is 24.4 Å². The minimum Gasteiger partial charge on any atom is -0.352 e. The van der Waals surface area contributed by atoms with E-state index in [-0.39, 0.29) is 5.91 Å². The van der Waals surface area contributed by atoms with Gasteiger partial charge in [-0.2, -0.15) is 0 Å². The zero-order chi connectivity index (χ0) is 16.2. The minimum absolute atomic E-state index is 0.00945. The third-order valence-electron chi connectivity index (χ3n) is 3.85. The Morgan fingerprint density at radius 1 is 1.22 bits per heavy atom. The maximum atomic E-state index is 12.1. The van der Waals surface area contributed by atoms with Crippen LogP contribution in [-0.4, -0.2) is 15.3 Å². The number of hydrogen-bond acceptors (Lipinski definition) is 2. The molecule has 0 aliphatic heterocycles. The zero-order valence-electron chi connectivity index (χ0n) is 12.9. The van der Waals surface area contributed by atoms with Gasteiger partial charge in [0.25, 0.3) is 0 Å². The van der Waals surface area contributed by atoms with Gasteiger partial charge in [-0.3, -0.25) is 4.79 Å². The van der Waals surface area contributed by atoms with E-state index >= 15 is 0 Å². The molecule has 2 heterocycles. The number of amides is 1. The van der Waals surface area contributed by atoms with Gasteiger partial charge >= 0.3 is 0 Å². The van der Waals surface area contributed by atoms with Crippen LogP contribution in [0.2, 0.25) is 5.02 Å². The topological polar surface area (TPSA) is 46.4 Å². The van der Waals surface area contributed by atoms with Crippen LogP contribution in [0.25, 0.3) is 5.65 Å². The summed E-state index contributed by atoms with van der Waals surface area (Å²) >= 11 is 6.09. The van der Waals surface area contributed by atoms with Crippen molar-refractivity contribution >= 4 is 23.2 Å². The van der Waals surface area contributed by atoms with E-state index in [4.69, 9.17) is 11.6 Å². The molecule has 0 fully saturated rings. The van der Waals surface area contributed by atoms with Crippen LogP contribution < -0.4 is 5.32 Å². The van der Waals surface area contributed by atoms with Crippen LogP contribution in [0.4, 0.5) is 0 Å². The van der Waals surface area contributed by atoms with Crippen molar-refractivity contribution in [3.05, 3.63) is 70.6 Å². The minimum atomic E-state index is 0.00945. The molecule has 3 rings (SSSR count). The number of nitrogens with one attached hydrogen (secondary N) is 1. The number of carbonyl (C=O) groups excluding carboxylic acids is 1. The molecule has 0 spiro atoms. The summed E-state index contributed by atoms with van der Waals surface area (Å²) in [6.07, 6.45) is 3.06. The fourth-order valence-electron chi connectivity index (χ4n) is 2.62. The summed E-state index contributed by atoms with van der Waals surface area (Å²) in [7, 11) is 0. The number of halogens is 1. The highest BCUT2D eigenvalue weighted by atomic mass is 35.5. The molecule has 0 saturated carbocycles. The SMILES string of the molecule is Cc1nc2ccccn2c1CCC(=O)NCc1ccccc1Cl. The van der Waals surface area contributed by atoms with Crippen LogP contribution in [0.15, 0.2) is 48.7 Å². The van der Waals surface area contributed by atoms with Crippen molar-refractivity contribution in [3.8, 4) is 0 Å². The largest absolute Gasteiger partial charge is 0.352 e. The van der Waals surface area contributed by atoms with E-state index in [1.54, 1.807) is 0 Å². The summed E-state index contributed by atoms with van der Waals surface area (Å²) < 4.78 is 2.04. The van der Waals surface area contributed by atoms with E-state index in [2.05, 4.69) is 10.3 Å². The molecule has 0 radical (unpaired) electrons. The molecule has 2 aromatic heterocycles. The average Bonchev–Trinajstić information content (AvgIpc) is 2.87. The summed E-state index contributed by atoms with van der Waals surface area (Å²) in [5.74, 6) is 0.00945. The number of aromatic nitrogens is 2. The molecule has 0 aliphatic carbocycles. The first-order chi connectivity index (χ1) is 11.1. The Bertz CT molecular complexity index is 841. The van der Waals surface area contributed by atoms with Crippen molar-refractivity contribution in [1.29, 1.82) is 0 Å². The first-order valence-electron chi connectivity index (χ1n) is 7.58. The van der Waals surface area contributed by atoms with Crippen LogP contribution in [0.3, 0.4) is 0 Å². The quantitative estimate of drug-likeness (QED) is 0.779. The standard InChI is InChI=1S/C18H18ClN3O/c1-13-16(22-11-5-4-8-17(22)21-13)9-10-18(23)20-12-14-6-2-3-7-15(14)19/h2-8,11H,9-10,12H2,1H3,(H,20,23). The lowest BCUT2D eigenvalue weighted by molar-refractivity contribution is -0.121. The highest BCUT2D eigenvalue weighted by Gasteiger charge is 2.10. The van der Waals surface area contributed by atoms with Gasteiger partial charge in [-0.15, -0.1) is 0 Å². The van der Waals surface area contributed by atoms with Crippen molar-refractivity contribution < 1.29 is 4.79 Å². The summed E-state index contributed by atoms with van der Waals surface area (Å²) in [5.41, 5.74) is 3.88. The molecule has 3 aromatic rings. The van der Waals surface area contributed by atoms with Gasteiger partial charge in [-0.05, 0) is 37.1 Å². The number of carbonyl (C=O) groups is 1. The van der Waals surface area contributed by atoms with Gasteiger partial charge in [0, 0.05) is 29.9 Å². The molecule has 1 aromatic carbocycles. The molecule has 118 valence electrons. The first kappa shape index (κ1) is 15.6. The van der Waals surface area contributed by atoms with Crippen LogP contribution in [0.1, 0.15) is 23.4 Å². The number of rotatable bonds is 5. The molecular formula is C18H18ClN3O. The second-order valence-corrected chi connectivity index (χ2v) is 5.85. The second-order valence-electron chi connectivity index (χ2n) is 5.44. The smallest absolute Gasteiger partial charge is 0.220 e. The van der Waals surface area contributed by atoms with Gasteiger partial charge in [0.15, 0.2) is 0 Å². The van der Waals surface area contributed by atoms with Crippen LogP contribution in [-0.2, 0) is 17.8 Å².